The highest BCUT2D eigenvalue weighted by Crippen LogP contribution is 2.27. The Balaban J connectivity index is 1.93. The summed E-state index contributed by atoms with van der Waals surface area (Å²) in [7, 11) is 0. The van der Waals surface area contributed by atoms with Gasteiger partial charge in [0.1, 0.15) is 11.5 Å². The Hall–Kier alpha value is -2.62. The lowest BCUT2D eigenvalue weighted by Crippen LogP contribution is -1.97. The normalized spacial score (nSPS) is 11.8. The number of aromatic hydroxyl groups is 2. The van der Waals surface area contributed by atoms with Crippen LogP contribution in [0.2, 0.25) is 0 Å². The maximum Gasteiger partial charge on any atom is 0.127 e. The lowest BCUT2D eigenvalue weighted by Gasteiger charge is -2.11. The van der Waals surface area contributed by atoms with Gasteiger partial charge in [0.15, 0.2) is 0 Å². The highest BCUT2D eigenvalue weighted by molar-refractivity contribution is 5.85. The van der Waals surface area contributed by atoms with Gasteiger partial charge in [-0.15, -0.1) is 0 Å². The van der Waals surface area contributed by atoms with Crippen molar-refractivity contribution in [3.05, 3.63) is 57.6 Å². The largest absolute Gasteiger partial charge is 0.507 e. The van der Waals surface area contributed by atoms with E-state index in [9.17, 15) is 10.2 Å². The third kappa shape index (κ3) is 11.0. The summed E-state index contributed by atoms with van der Waals surface area (Å²) in [5.74, 6) is 0.789. The van der Waals surface area contributed by atoms with Gasteiger partial charge >= 0.3 is 0 Å². The average Bonchev–Trinajstić information content (AvgIpc) is 2.92. The van der Waals surface area contributed by atoms with Gasteiger partial charge < -0.3 is 10.2 Å². The number of phenols is 2. The summed E-state index contributed by atoms with van der Waals surface area (Å²) in [5.41, 5.74) is 6.39. The van der Waals surface area contributed by atoms with E-state index < -0.39 is 0 Å². The van der Waals surface area contributed by atoms with Gasteiger partial charge in [0.25, 0.3) is 0 Å². The van der Waals surface area contributed by atoms with E-state index in [-0.39, 0.29) is 0 Å². The molecule has 0 heterocycles. The van der Waals surface area contributed by atoms with Crippen LogP contribution in [0.1, 0.15) is 125 Å². The van der Waals surface area contributed by atoms with Crippen molar-refractivity contribution in [3.8, 4) is 11.5 Å². The molecule has 0 spiro atoms. The van der Waals surface area contributed by atoms with Crippen LogP contribution in [0.15, 0.2) is 34.3 Å². The van der Waals surface area contributed by atoms with E-state index in [4.69, 9.17) is 0 Å². The average molecular weight is 521 g/mol. The summed E-state index contributed by atoms with van der Waals surface area (Å²) < 4.78 is 0. The zero-order valence-corrected chi connectivity index (χ0v) is 24.6. The number of hydrogen-bond donors (Lipinski definition) is 2. The monoisotopic (exact) mass is 520 g/mol. The predicted octanol–water partition coefficient (Wildman–Crippen LogP) is 8.79. The van der Waals surface area contributed by atoms with Crippen LogP contribution in [0.4, 0.5) is 0 Å². The first-order chi connectivity index (χ1) is 18.5. The molecule has 210 valence electrons. The van der Waals surface area contributed by atoms with Crippen molar-refractivity contribution < 1.29 is 10.2 Å². The molecule has 2 aromatic carbocycles. The molecule has 4 heteroatoms. The molecular weight excluding hydrogens is 468 g/mol. The van der Waals surface area contributed by atoms with Gasteiger partial charge in [-0.25, -0.2) is 0 Å². The molecule has 0 saturated heterocycles. The lowest BCUT2D eigenvalue weighted by atomic mass is 9.97. The summed E-state index contributed by atoms with van der Waals surface area (Å²) in [6, 6.07) is 8.56. The molecule has 4 nitrogen and oxygen atoms in total. The van der Waals surface area contributed by atoms with Gasteiger partial charge in [0, 0.05) is 36.6 Å². The quantitative estimate of drug-likeness (QED) is 0.144. The molecule has 0 saturated carbocycles. The first-order valence-electron chi connectivity index (χ1n) is 15.2. The van der Waals surface area contributed by atoms with E-state index in [2.05, 4.69) is 61.9 Å². The summed E-state index contributed by atoms with van der Waals surface area (Å²) in [6.07, 6.45) is 18.6. The number of phenolic OH excluding ortho intramolecular Hbond substituents is 2. The zero-order valence-electron chi connectivity index (χ0n) is 24.6. The molecule has 0 aliphatic heterocycles. The number of unbranched alkanes of at least 4 members (excludes halogenated alkanes) is 5. The zero-order chi connectivity index (χ0) is 27.6. The molecule has 38 heavy (non-hydrogen) atoms. The Kier molecular flexibility index (Phi) is 15.5. The number of aryl methyl sites for hydroxylation is 4. The topological polar surface area (TPSA) is 65.2 Å². The maximum absolute atomic E-state index is 10.8. The van der Waals surface area contributed by atoms with Crippen molar-refractivity contribution >= 4 is 12.4 Å². The smallest absolute Gasteiger partial charge is 0.127 e. The number of hydrogen-bond acceptors (Lipinski definition) is 4. The van der Waals surface area contributed by atoms with E-state index in [1.165, 1.54) is 24.0 Å². The fourth-order valence-electron chi connectivity index (χ4n) is 4.67. The van der Waals surface area contributed by atoms with E-state index in [1.807, 2.05) is 12.4 Å². The minimum atomic E-state index is 0.395. The number of aliphatic imine (C=N–C) groups is 2. The molecule has 2 rings (SSSR count). The van der Waals surface area contributed by atoms with Gasteiger partial charge in [-0.2, -0.15) is 0 Å². The van der Waals surface area contributed by atoms with Gasteiger partial charge in [-0.1, -0.05) is 65.5 Å². The molecule has 2 aromatic rings. The number of benzene rings is 2. The molecule has 0 amide bonds. The van der Waals surface area contributed by atoms with Crippen molar-refractivity contribution in [1.82, 2.24) is 0 Å². The Bertz CT molecular complexity index is 929. The summed E-state index contributed by atoms with van der Waals surface area (Å²) in [4.78, 5) is 9.24. The van der Waals surface area contributed by atoms with Crippen LogP contribution in [-0.4, -0.2) is 35.7 Å². The van der Waals surface area contributed by atoms with E-state index >= 15 is 0 Å². The van der Waals surface area contributed by atoms with E-state index in [1.54, 1.807) is 0 Å². The lowest BCUT2D eigenvalue weighted by molar-refractivity contribution is 0.465. The van der Waals surface area contributed by atoms with Crippen LogP contribution in [0.3, 0.4) is 0 Å². The first kappa shape index (κ1) is 31.6. The van der Waals surface area contributed by atoms with Crippen LogP contribution in [0.5, 0.6) is 11.5 Å². The highest BCUT2D eigenvalue weighted by Gasteiger charge is 2.10. The number of rotatable bonds is 19. The molecule has 0 aliphatic carbocycles. The maximum atomic E-state index is 10.8. The molecule has 0 atom stereocenters. The summed E-state index contributed by atoms with van der Waals surface area (Å²) in [6.45, 7) is 10.2. The van der Waals surface area contributed by atoms with Crippen molar-refractivity contribution in [3.63, 3.8) is 0 Å². The second-order valence-corrected chi connectivity index (χ2v) is 10.6. The molecule has 0 radical (unpaired) electrons. The van der Waals surface area contributed by atoms with Crippen molar-refractivity contribution in [2.45, 2.75) is 118 Å². The van der Waals surface area contributed by atoms with Crippen LogP contribution in [-0.2, 0) is 25.7 Å². The van der Waals surface area contributed by atoms with Crippen LogP contribution >= 0.6 is 0 Å². The third-order valence-electron chi connectivity index (χ3n) is 7.08. The minimum absolute atomic E-state index is 0.395. The van der Waals surface area contributed by atoms with E-state index in [0.29, 0.717) is 11.5 Å². The fourth-order valence-corrected chi connectivity index (χ4v) is 4.67. The summed E-state index contributed by atoms with van der Waals surface area (Å²) in [5, 5.41) is 21.5. The predicted molar refractivity (Wildman–Crippen MR) is 165 cm³/mol. The number of nitrogens with zero attached hydrogens (tertiary/aromatic N) is 2. The van der Waals surface area contributed by atoms with Gasteiger partial charge in [0.2, 0.25) is 0 Å². The second-order valence-electron chi connectivity index (χ2n) is 10.6. The third-order valence-corrected chi connectivity index (χ3v) is 7.08. The molecule has 0 bridgehead atoms. The highest BCUT2D eigenvalue weighted by atomic mass is 16.3. The van der Waals surface area contributed by atoms with E-state index in [0.717, 1.165) is 112 Å². The van der Waals surface area contributed by atoms with Crippen molar-refractivity contribution in [1.29, 1.82) is 0 Å². The Morgan fingerprint density at radius 2 is 0.895 bits per heavy atom. The SMILES string of the molecule is CCCCc1cc(C=NCCCCN=Cc2cc(CCCC)cc(CCCC)c2O)c(O)c(CCCC)c1. The van der Waals surface area contributed by atoms with Gasteiger partial charge in [0.05, 0.1) is 0 Å². The standard InChI is InChI=1S/C34H52N2O2/c1-5-9-15-27-21-29(17-11-7-3)33(37)31(23-27)25-35-19-13-14-20-36-26-32-24-28(16-10-6-2)22-30(34(32)38)18-12-8-4/h21-26,37-38H,5-20H2,1-4H3. The Morgan fingerprint density at radius 3 is 1.26 bits per heavy atom. The van der Waals surface area contributed by atoms with Gasteiger partial charge in [-0.3, -0.25) is 9.98 Å². The second kappa shape index (κ2) is 18.6. The van der Waals surface area contributed by atoms with Crippen molar-refractivity contribution in [2.24, 2.45) is 9.98 Å². The minimum Gasteiger partial charge on any atom is -0.507 e. The van der Waals surface area contributed by atoms with Crippen LogP contribution in [0, 0.1) is 0 Å². The molecular formula is C34H52N2O2. The fraction of sp³-hybridized carbons (Fsp3) is 0.588. The first-order valence-corrected chi connectivity index (χ1v) is 15.2. The molecule has 0 unspecified atom stereocenters. The van der Waals surface area contributed by atoms with Crippen LogP contribution in [0.25, 0.3) is 0 Å². The molecule has 0 fully saturated rings. The molecule has 0 aliphatic rings. The Labute approximate surface area is 232 Å². The Morgan fingerprint density at radius 1 is 0.526 bits per heavy atom. The molecule has 0 aromatic heterocycles. The summed E-state index contributed by atoms with van der Waals surface area (Å²) >= 11 is 0. The van der Waals surface area contributed by atoms with Gasteiger partial charge in [-0.05, 0) is 98.6 Å². The van der Waals surface area contributed by atoms with Crippen molar-refractivity contribution in [2.75, 3.05) is 13.1 Å². The van der Waals surface area contributed by atoms with Crippen LogP contribution < -0.4 is 0 Å². The molecule has 2 N–H and O–H groups in total.